The molecule has 0 heterocycles. The van der Waals surface area contributed by atoms with Gasteiger partial charge in [-0.1, -0.05) is 24.3 Å². The fraction of sp³-hybridized carbons (Fsp3) is 0.167. The van der Waals surface area contributed by atoms with Crippen LogP contribution in [0.25, 0.3) is 6.08 Å². The summed E-state index contributed by atoms with van der Waals surface area (Å²) in [6.45, 7) is 3.73. The fourth-order valence-electron chi connectivity index (χ4n) is 1.28. The Morgan fingerprint density at radius 3 is 2.56 bits per heavy atom. The molecule has 0 spiro atoms. The van der Waals surface area contributed by atoms with Crippen LogP contribution >= 0.6 is 0 Å². The molecule has 1 atom stereocenters. The van der Waals surface area contributed by atoms with Crippen molar-refractivity contribution >= 4 is 17.2 Å². The van der Waals surface area contributed by atoms with E-state index < -0.39 is 11.1 Å². The van der Waals surface area contributed by atoms with Gasteiger partial charge in [0, 0.05) is 0 Å². The molecule has 0 aromatic heterocycles. The zero-order valence-electron chi connectivity index (χ0n) is 9.18. The predicted octanol–water partition coefficient (Wildman–Crippen LogP) is 2.87. The van der Waals surface area contributed by atoms with Crippen molar-refractivity contribution in [3.63, 3.8) is 0 Å². The van der Waals surface area contributed by atoms with Crippen molar-refractivity contribution in [3.05, 3.63) is 41.5 Å². The van der Waals surface area contributed by atoms with Crippen LogP contribution in [0.2, 0.25) is 0 Å². The van der Waals surface area contributed by atoms with Gasteiger partial charge in [-0.2, -0.15) is 0 Å². The van der Waals surface area contributed by atoms with Crippen molar-refractivity contribution in [2.75, 3.05) is 0 Å². The predicted molar refractivity (Wildman–Crippen MR) is 65.7 cm³/mol. The molecule has 86 valence electrons. The van der Waals surface area contributed by atoms with Crippen LogP contribution in [0.4, 0.5) is 0 Å². The Balaban J connectivity index is 3.15. The van der Waals surface area contributed by atoms with Gasteiger partial charge < -0.3 is 9.66 Å². The van der Waals surface area contributed by atoms with E-state index in [-0.39, 0.29) is 10.6 Å². The van der Waals surface area contributed by atoms with Gasteiger partial charge in [0.25, 0.3) is 0 Å². The third-order valence-electron chi connectivity index (χ3n) is 2.12. The van der Waals surface area contributed by atoms with Gasteiger partial charge in [0.05, 0.1) is 0 Å². The fourth-order valence-corrected chi connectivity index (χ4v) is 1.79. The lowest BCUT2D eigenvalue weighted by Gasteiger charge is -2.05. The average Bonchev–Trinajstić information content (AvgIpc) is 2.22. The molecule has 0 aliphatic heterocycles. The van der Waals surface area contributed by atoms with E-state index in [2.05, 4.69) is 0 Å². The molecule has 0 bridgehead atoms. The van der Waals surface area contributed by atoms with Crippen molar-refractivity contribution < 1.29 is 13.9 Å². The van der Waals surface area contributed by atoms with Crippen LogP contribution in [0, 0.1) is 6.92 Å². The first kappa shape index (κ1) is 12.7. The Labute approximate surface area is 97.4 Å². The van der Waals surface area contributed by atoms with Gasteiger partial charge in [0.1, 0.15) is 10.6 Å². The number of hydrogen-bond donors (Lipinski definition) is 2. The molecule has 4 heteroatoms. The Bertz CT molecular complexity index is 462. The Morgan fingerprint density at radius 1 is 1.31 bits per heavy atom. The molecule has 0 saturated carbocycles. The Kier molecular flexibility index (Phi) is 4.46. The highest BCUT2D eigenvalue weighted by Crippen LogP contribution is 2.25. The second kappa shape index (κ2) is 5.63. The lowest BCUT2D eigenvalue weighted by molar-refractivity contribution is 0.456. The van der Waals surface area contributed by atoms with Crippen LogP contribution in [-0.4, -0.2) is 13.9 Å². The van der Waals surface area contributed by atoms with Crippen LogP contribution < -0.4 is 0 Å². The molecule has 16 heavy (non-hydrogen) atoms. The quantitative estimate of drug-likeness (QED) is 0.629. The van der Waals surface area contributed by atoms with Crippen molar-refractivity contribution in [3.8, 4) is 5.75 Å². The van der Waals surface area contributed by atoms with Gasteiger partial charge in [-0.05, 0) is 37.1 Å². The first-order valence-electron chi connectivity index (χ1n) is 4.80. The summed E-state index contributed by atoms with van der Waals surface area (Å²) in [7, 11) is 0. The molecule has 1 aromatic rings. The summed E-state index contributed by atoms with van der Waals surface area (Å²) in [5.74, 6) is -0.161. The molecule has 1 aromatic carbocycles. The number of phenolic OH excluding ortho intramolecular Hbond substituents is 1. The molecular weight excluding hydrogens is 224 g/mol. The molecule has 0 aliphatic rings. The topological polar surface area (TPSA) is 57.5 Å². The monoisotopic (exact) mass is 238 g/mol. The number of benzene rings is 1. The molecule has 1 unspecified atom stereocenters. The van der Waals surface area contributed by atoms with E-state index in [0.717, 1.165) is 11.1 Å². The van der Waals surface area contributed by atoms with E-state index in [0.29, 0.717) is 0 Å². The highest BCUT2D eigenvalue weighted by atomic mass is 32.2. The highest BCUT2D eigenvalue weighted by Gasteiger charge is 2.09. The van der Waals surface area contributed by atoms with Crippen LogP contribution in [-0.2, 0) is 11.1 Å². The molecule has 0 aliphatic carbocycles. The second-order valence-corrected chi connectivity index (χ2v) is 4.25. The normalized spacial score (nSPS) is 13.7. The molecular formula is C12H14O3S. The minimum Gasteiger partial charge on any atom is -0.507 e. The van der Waals surface area contributed by atoms with Crippen LogP contribution in [0.3, 0.4) is 0 Å². The Morgan fingerprint density at radius 2 is 2.00 bits per heavy atom. The summed E-state index contributed by atoms with van der Waals surface area (Å²) < 4.78 is 19.8. The molecule has 0 fully saturated rings. The molecule has 1 rings (SSSR count). The van der Waals surface area contributed by atoms with Crippen LogP contribution in [0.1, 0.15) is 18.1 Å². The first-order valence-corrected chi connectivity index (χ1v) is 5.90. The van der Waals surface area contributed by atoms with E-state index in [1.807, 2.05) is 38.2 Å². The van der Waals surface area contributed by atoms with Gasteiger partial charge >= 0.3 is 0 Å². The number of phenols is 1. The second-order valence-electron chi connectivity index (χ2n) is 3.31. The van der Waals surface area contributed by atoms with Gasteiger partial charge in [-0.3, -0.25) is 0 Å². The van der Waals surface area contributed by atoms with Gasteiger partial charge in [-0.15, -0.1) is 0 Å². The molecule has 0 saturated heterocycles. The number of rotatable bonds is 3. The van der Waals surface area contributed by atoms with Crippen LogP contribution in [0.5, 0.6) is 5.75 Å². The average molecular weight is 238 g/mol. The van der Waals surface area contributed by atoms with Crippen molar-refractivity contribution in [1.82, 2.24) is 0 Å². The Hall–Kier alpha value is -1.39. The molecule has 0 amide bonds. The molecule has 0 radical (unpaired) electrons. The number of allylic oxidation sites excluding steroid dienone is 3. The lowest BCUT2D eigenvalue weighted by Crippen LogP contribution is -1.92. The zero-order chi connectivity index (χ0) is 12.1. The van der Waals surface area contributed by atoms with E-state index in [4.69, 9.17) is 4.55 Å². The number of aromatic hydroxyl groups is 1. The summed E-state index contributed by atoms with van der Waals surface area (Å²) in [6.07, 6.45) is 7.44. The maximum atomic E-state index is 10.9. The van der Waals surface area contributed by atoms with E-state index in [1.165, 1.54) is 12.1 Å². The van der Waals surface area contributed by atoms with Crippen molar-refractivity contribution in [2.45, 2.75) is 18.7 Å². The maximum Gasteiger partial charge on any atom is 0.190 e. The minimum atomic E-state index is -2.15. The largest absolute Gasteiger partial charge is 0.507 e. The van der Waals surface area contributed by atoms with E-state index >= 15 is 0 Å². The lowest BCUT2D eigenvalue weighted by atomic mass is 10.1. The summed E-state index contributed by atoms with van der Waals surface area (Å²) in [5.41, 5.74) is 1.67. The van der Waals surface area contributed by atoms with Crippen LogP contribution in [0.15, 0.2) is 35.3 Å². The molecule has 3 nitrogen and oxygen atoms in total. The third-order valence-corrected chi connectivity index (χ3v) is 2.82. The first-order chi connectivity index (χ1) is 7.56. The van der Waals surface area contributed by atoms with E-state index in [1.54, 1.807) is 0 Å². The summed E-state index contributed by atoms with van der Waals surface area (Å²) >= 11 is -2.15. The SMILES string of the molecule is CC=CC=Cc1cc(O)c(S(=O)O)cc1C. The zero-order valence-corrected chi connectivity index (χ0v) is 9.99. The standard InChI is InChI=1S/C12H14O3S/c1-3-4-5-6-10-8-11(13)12(16(14)15)7-9(10)2/h3-8,13H,1-2H3,(H,14,15). The summed E-state index contributed by atoms with van der Waals surface area (Å²) in [6, 6.07) is 3.00. The van der Waals surface area contributed by atoms with Gasteiger partial charge in [0.2, 0.25) is 0 Å². The number of aryl methyl sites for hydroxylation is 1. The summed E-state index contributed by atoms with van der Waals surface area (Å²) in [5, 5.41) is 9.54. The molecule has 2 N–H and O–H groups in total. The van der Waals surface area contributed by atoms with Crippen molar-refractivity contribution in [2.24, 2.45) is 0 Å². The smallest absolute Gasteiger partial charge is 0.190 e. The summed E-state index contributed by atoms with van der Waals surface area (Å²) in [4.78, 5) is 0.0423. The van der Waals surface area contributed by atoms with E-state index in [9.17, 15) is 9.32 Å². The van der Waals surface area contributed by atoms with Gasteiger partial charge in [0.15, 0.2) is 11.1 Å². The highest BCUT2D eigenvalue weighted by molar-refractivity contribution is 7.79. The van der Waals surface area contributed by atoms with Gasteiger partial charge in [-0.25, -0.2) is 4.21 Å². The number of hydrogen-bond acceptors (Lipinski definition) is 2. The van der Waals surface area contributed by atoms with Crippen molar-refractivity contribution in [1.29, 1.82) is 0 Å². The third kappa shape index (κ3) is 3.05. The maximum absolute atomic E-state index is 10.9. The minimum absolute atomic E-state index is 0.0423.